The van der Waals surface area contributed by atoms with Gasteiger partial charge < -0.3 is 24.0 Å². The van der Waals surface area contributed by atoms with E-state index in [1.54, 1.807) is 65.4 Å². The number of fused-ring (bicyclic) bond motifs is 1. The van der Waals surface area contributed by atoms with E-state index in [-0.39, 0.29) is 30.5 Å². The molecule has 4 rings (SSSR count). The van der Waals surface area contributed by atoms with Crippen molar-refractivity contribution in [2.45, 2.75) is 32.4 Å². The Labute approximate surface area is 216 Å². The Bertz CT molecular complexity index is 1270. The molecule has 37 heavy (non-hydrogen) atoms. The van der Waals surface area contributed by atoms with Crippen LogP contribution in [-0.2, 0) is 14.3 Å². The standard InChI is InChI=1S/C29H30N2O6/c1-19-17-27(31(20(2)32)22-11-15-24(16-12-22)37-18-28(33)36-4)25-7-5-6-8-26(25)30(19)29(34)21-9-13-23(35-3)14-10-21/h5-16,19,27H,17-18H2,1-4H3/t19-,27+/m0/s1. The molecule has 2 atom stereocenters. The van der Waals surface area contributed by atoms with E-state index in [1.807, 2.05) is 31.2 Å². The molecule has 0 radical (unpaired) electrons. The molecule has 0 fully saturated rings. The van der Waals surface area contributed by atoms with E-state index in [1.165, 1.54) is 14.0 Å². The van der Waals surface area contributed by atoms with Crippen molar-refractivity contribution in [3.63, 3.8) is 0 Å². The molecule has 1 aliphatic heterocycles. The lowest BCUT2D eigenvalue weighted by Crippen LogP contribution is -2.47. The molecule has 2 amide bonds. The highest BCUT2D eigenvalue weighted by Crippen LogP contribution is 2.43. The number of benzene rings is 3. The highest BCUT2D eigenvalue weighted by atomic mass is 16.6. The first-order valence-electron chi connectivity index (χ1n) is 12.0. The SMILES string of the molecule is COC(=O)COc1ccc(N(C(C)=O)[C@@H]2C[C@H](C)N(C(=O)c3ccc(OC)cc3)c3ccccc32)cc1. The number of carbonyl (C=O) groups excluding carboxylic acids is 3. The predicted molar refractivity (Wildman–Crippen MR) is 140 cm³/mol. The number of para-hydroxylation sites is 1. The van der Waals surface area contributed by atoms with Crippen LogP contribution in [0.3, 0.4) is 0 Å². The largest absolute Gasteiger partial charge is 0.497 e. The third-order valence-electron chi connectivity index (χ3n) is 6.47. The lowest BCUT2D eigenvalue weighted by molar-refractivity contribution is -0.142. The van der Waals surface area contributed by atoms with Gasteiger partial charge in [0.2, 0.25) is 5.91 Å². The summed E-state index contributed by atoms with van der Waals surface area (Å²) in [7, 11) is 2.89. The molecule has 192 valence electrons. The van der Waals surface area contributed by atoms with E-state index in [0.717, 1.165) is 11.3 Å². The van der Waals surface area contributed by atoms with Gasteiger partial charge >= 0.3 is 5.97 Å². The molecule has 1 heterocycles. The van der Waals surface area contributed by atoms with Crippen LogP contribution in [0, 0.1) is 0 Å². The number of esters is 1. The number of hydrogen-bond acceptors (Lipinski definition) is 6. The Morgan fingerprint density at radius 1 is 0.919 bits per heavy atom. The first-order valence-corrected chi connectivity index (χ1v) is 12.0. The zero-order chi connectivity index (χ0) is 26.5. The second-order valence-corrected chi connectivity index (χ2v) is 8.81. The van der Waals surface area contributed by atoms with Crippen molar-refractivity contribution in [2.75, 3.05) is 30.6 Å². The summed E-state index contributed by atoms with van der Waals surface area (Å²) < 4.78 is 15.3. The maximum atomic E-state index is 13.6. The Balaban J connectivity index is 1.65. The van der Waals surface area contributed by atoms with Gasteiger partial charge in [0, 0.05) is 29.9 Å². The van der Waals surface area contributed by atoms with Crippen LogP contribution in [0.15, 0.2) is 72.8 Å². The fourth-order valence-corrected chi connectivity index (χ4v) is 4.69. The van der Waals surface area contributed by atoms with Gasteiger partial charge in [0.25, 0.3) is 5.91 Å². The molecule has 0 aliphatic carbocycles. The zero-order valence-electron chi connectivity index (χ0n) is 21.3. The van der Waals surface area contributed by atoms with Gasteiger partial charge in [0.15, 0.2) is 6.61 Å². The van der Waals surface area contributed by atoms with Crippen LogP contribution in [0.5, 0.6) is 11.5 Å². The molecule has 0 saturated heterocycles. The van der Waals surface area contributed by atoms with Crippen molar-refractivity contribution in [1.82, 2.24) is 0 Å². The molecule has 0 spiro atoms. The zero-order valence-corrected chi connectivity index (χ0v) is 21.3. The van der Waals surface area contributed by atoms with Gasteiger partial charge in [0.1, 0.15) is 11.5 Å². The average molecular weight is 503 g/mol. The Hall–Kier alpha value is -4.33. The van der Waals surface area contributed by atoms with Crippen LogP contribution in [0.1, 0.15) is 42.2 Å². The van der Waals surface area contributed by atoms with Gasteiger partial charge in [-0.05, 0) is 73.5 Å². The van der Waals surface area contributed by atoms with Crippen LogP contribution in [0.4, 0.5) is 11.4 Å². The highest BCUT2D eigenvalue weighted by molar-refractivity contribution is 6.07. The smallest absolute Gasteiger partial charge is 0.343 e. The second kappa shape index (κ2) is 11.2. The quantitative estimate of drug-likeness (QED) is 0.432. The van der Waals surface area contributed by atoms with Gasteiger partial charge in [-0.25, -0.2) is 4.79 Å². The fraction of sp³-hybridized carbons (Fsp3) is 0.276. The minimum atomic E-state index is -0.476. The Kier molecular flexibility index (Phi) is 7.77. The number of methoxy groups -OCH3 is 2. The van der Waals surface area contributed by atoms with Crippen LogP contribution in [0.25, 0.3) is 0 Å². The van der Waals surface area contributed by atoms with Gasteiger partial charge in [-0.2, -0.15) is 0 Å². The van der Waals surface area contributed by atoms with E-state index >= 15 is 0 Å². The van der Waals surface area contributed by atoms with Crippen LogP contribution < -0.4 is 19.3 Å². The van der Waals surface area contributed by atoms with Crippen molar-refractivity contribution in [3.05, 3.63) is 83.9 Å². The number of hydrogen-bond donors (Lipinski definition) is 0. The van der Waals surface area contributed by atoms with Crippen molar-refractivity contribution >= 4 is 29.2 Å². The number of amides is 2. The third-order valence-corrected chi connectivity index (χ3v) is 6.47. The van der Waals surface area contributed by atoms with Gasteiger partial charge in [0.05, 0.1) is 20.3 Å². The molecule has 3 aromatic rings. The predicted octanol–water partition coefficient (Wildman–Crippen LogP) is 4.78. The topological polar surface area (TPSA) is 85.4 Å². The minimum Gasteiger partial charge on any atom is -0.497 e. The molecule has 1 aliphatic rings. The Morgan fingerprint density at radius 2 is 1.57 bits per heavy atom. The summed E-state index contributed by atoms with van der Waals surface area (Å²) in [6, 6.07) is 21.3. The number of nitrogens with zero attached hydrogens (tertiary/aromatic N) is 2. The summed E-state index contributed by atoms with van der Waals surface area (Å²) in [6.07, 6.45) is 0.555. The van der Waals surface area contributed by atoms with Crippen LogP contribution in [-0.4, -0.2) is 44.7 Å². The number of rotatable bonds is 7. The molecule has 3 aromatic carbocycles. The lowest BCUT2D eigenvalue weighted by atomic mass is 9.89. The lowest BCUT2D eigenvalue weighted by Gasteiger charge is -2.43. The summed E-state index contributed by atoms with van der Waals surface area (Å²) in [6.45, 7) is 3.33. The summed E-state index contributed by atoms with van der Waals surface area (Å²) in [5.41, 5.74) is 2.92. The van der Waals surface area contributed by atoms with Crippen molar-refractivity contribution in [1.29, 1.82) is 0 Å². The molecule has 0 N–H and O–H groups in total. The third kappa shape index (κ3) is 5.43. The molecule has 0 saturated carbocycles. The number of carbonyl (C=O) groups is 3. The minimum absolute atomic E-state index is 0.109. The number of anilines is 2. The first-order chi connectivity index (χ1) is 17.8. The molecule has 0 unspecified atom stereocenters. The number of ether oxygens (including phenoxy) is 3. The van der Waals surface area contributed by atoms with E-state index in [0.29, 0.717) is 29.2 Å². The van der Waals surface area contributed by atoms with Crippen molar-refractivity contribution < 1.29 is 28.6 Å². The van der Waals surface area contributed by atoms with Crippen molar-refractivity contribution in [2.24, 2.45) is 0 Å². The van der Waals surface area contributed by atoms with Gasteiger partial charge in [-0.1, -0.05) is 18.2 Å². The van der Waals surface area contributed by atoms with E-state index in [9.17, 15) is 14.4 Å². The Morgan fingerprint density at radius 3 is 2.19 bits per heavy atom. The van der Waals surface area contributed by atoms with Crippen LogP contribution >= 0.6 is 0 Å². The summed E-state index contributed by atoms with van der Waals surface area (Å²) >= 11 is 0. The summed E-state index contributed by atoms with van der Waals surface area (Å²) in [5, 5.41) is 0. The monoisotopic (exact) mass is 502 g/mol. The van der Waals surface area contributed by atoms with Gasteiger partial charge in [-0.15, -0.1) is 0 Å². The van der Waals surface area contributed by atoms with Crippen LogP contribution in [0.2, 0.25) is 0 Å². The highest BCUT2D eigenvalue weighted by Gasteiger charge is 2.38. The van der Waals surface area contributed by atoms with Gasteiger partial charge in [-0.3, -0.25) is 9.59 Å². The summed E-state index contributed by atoms with van der Waals surface area (Å²) in [5.74, 6) is 0.470. The maximum absolute atomic E-state index is 13.6. The normalized spacial score (nSPS) is 16.4. The second-order valence-electron chi connectivity index (χ2n) is 8.81. The van der Waals surface area contributed by atoms with E-state index in [4.69, 9.17) is 9.47 Å². The molecule has 0 bridgehead atoms. The molecule has 0 aromatic heterocycles. The molecular formula is C29H30N2O6. The average Bonchev–Trinajstić information content (AvgIpc) is 2.92. The first kappa shape index (κ1) is 25.8. The van der Waals surface area contributed by atoms with E-state index in [2.05, 4.69) is 4.74 Å². The fourth-order valence-electron chi connectivity index (χ4n) is 4.69. The molecular weight excluding hydrogens is 472 g/mol. The maximum Gasteiger partial charge on any atom is 0.343 e. The van der Waals surface area contributed by atoms with E-state index < -0.39 is 5.97 Å². The molecule has 8 nitrogen and oxygen atoms in total. The van der Waals surface area contributed by atoms with Crippen molar-refractivity contribution in [3.8, 4) is 11.5 Å². The summed E-state index contributed by atoms with van der Waals surface area (Å²) in [4.78, 5) is 41.4. The molecule has 8 heteroatoms.